The number of carboxylic acid groups (broad SMARTS) is 1. The van der Waals surface area contributed by atoms with Crippen molar-refractivity contribution >= 4 is 17.6 Å². The van der Waals surface area contributed by atoms with Gasteiger partial charge in [-0.05, 0) is 44.0 Å². The Bertz CT molecular complexity index is 991. The molecular weight excluding hydrogens is 461 g/mol. The van der Waals surface area contributed by atoms with Crippen LogP contribution in [-0.2, 0) is 16.1 Å². The highest BCUT2D eigenvalue weighted by Gasteiger charge is 2.50. The minimum atomic E-state index is -5.08. The minimum absolute atomic E-state index is 0.246. The van der Waals surface area contributed by atoms with Gasteiger partial charge < -0.3 is 14.9 Å². The highest BCUT2D eigenvalue weighted by atomic mass is 19.4. The maximum absolute atomic E-state index is 13.8. The van der Waals surface area contributed by atoms with E-state index >= 15 is 0 Å². The van der Waals surface area contributed by atoms with E-state index in [1.165, 1.54) is 5.56 Å². The fraction of sp³-hybridized carbons (Fsp3) is 0.480. The summed E-state index contributed by atoms with van der Waals surface area (Å²) in [5.41, 5.74) is 2.76. The van der Waals surface area contributed by atoms with Crippen LogP contribution in [0.4, 0.5) is 18.9 Å². The van der Waals surface area contributed by atoms with Crippen LogP contribution in [0, 0.1) is 6.92 Å². The number of hydrogen-bond acceptors (Lipinski definition) is 5. The number of hydrogen-bond donors (Lipinski definition) is 1. The summed E-state index contributed by atoms with van der Waals surface area (Å²) in [6, 6.07) is 14.6. The number of rotatable bonds is 4. The summed E-state index contributed by atoms with van der Waals surface area (Å²) >= 11 is 0. The van der Waals surface area contributed by atoms with Crippen LogP contribution in [0.15, 0.2) is 48.7 Å². The van der Waals surface area contributed by atoms with Gasteiger partial charge >= 0.3 is 12.1 Å². The van der Waals surface area contributed by atoms with Crippen molar-refractivity contribution < 1.29 is 27.9 Å². The van der Waals surface area contributed by atoms with Gasteiger partial charge in [0.15, 0.2) is 0 Å². The lowest BCUT2D eigenvalue weighted by molar-refractivity contribution is -0.192. The first kappa shape index (κ1) is 26.6. The minimum Gasteiger partial charge on any atom is -0.475 e. The van der Waals surface area contributed by atoms with Gasteiger partial charge in [0.05, 0.1) is 11.9 Å². The van der Waals surface area contributed by atoms with Crippen molar-refractivity contribution in [1.82, 2.24) is 14.8 Å². The van der Waals surface area contributed by atoms with E-state index in [-0.39, 0.29) is 5.91 Å². The lowest BCUT2D eigenvalue weighted by Gasteiger charge is -2.52. The molecule has 1 spiro atoms. The Kier molecular flexibility index (Phi) is 8.50. The second kappa shape index (κ2) is 11.2. The van der Waals surface area contributed by atoms with Crippen LogP contribution in [0.5, 0.6) is 0 Å². The molecule has 2 aromatic rings. The van der Waals surface area contributed by atoms with Crippen LogP contribution in [0.3, 0.4) is 0 Å². The van der Waals surface area contributed by atoms with Gasteiger partial charge in [0, 0.05) is 38.4 Å². The van der Waals surface area contributed by atoms with Crippen molar-refractivity contribution in [3.05, 3.63) is 59.9 Å². The molecule has 1 aromatic heterocycles. The molecule has 0 saturated carbocycles. The zero-order valence-corrected chi connectivity index (χ0v) is 20.0. The highest BCUT2D eigenvalue weighted by molar-refractivity contribution is 6.01. The molecule has 2 fully saturated rings. The molecule has 0 unspecified atom stereocenters. The van der Waals surface area contributed by atoms with Crippen molar-refractivity contribution in [3.8, 4) is 0 Å². The number of amides is 1. The summed E-state index contributed by atoms with van der Waals surface area (Å²) in [7, 11) is 0. The molecule has 1 amide bonds. The molecule has 1 aromatic carbocycles. The Balaban J connectivity index is 0.000000429. The molecule has 0 radical (unpaired) electrons. The molecule has 10 heteroatoms. The first-order valence-corrected chi connectivity index (χ1v) is 11.6. The number of piperidine rings is 1. The van der Waals surface area contributed by atoms with Crippen molar-refractivity contribution in [2.75, 3.05) is 37.6 Å². The molecule has 35 heavy (non-hydrogen) atoms. The third-order valence-electron chi connectivity index (χ3n) is 6.64. The number of aliphatic carboxylic acids is 1. The molecule has 7 nitrogen and oxygen atoms in total. The number of aryl methyl sites for hydroxylation is 1. The summed E-state index contributed by atoms with van der Waals surface area (Å²) in [5.74, 6) is -2.51. The number of benzene rings is 1. The summed E-state index contributed by atoms with van der Waals surface area (Å²) in [6.45, 7) is 9.63. The van der Waals surface area contributed by atoms with Gasteiger partial charge in [0.2, 0.25) is 5.91 Å². The second-order valence-electron chi connectivity index (χ2n) is 8.79. The standard InChI is InChI=1S/C23H30N4O.C2HF3O2/c1-3-25-13-11-23(12-14-25)22(28)27(21-10-9-19(2)24-17-21)16-15-26(23)18-20-7-5-4-6-8-20;3-2(4,5)1(6)7/h4-10,17H,3,11-16,18H2,1-2H3;(H,6,7). The van der Waals surface area contributed by atoms with Crippen molar-refractivity contribution in [1.29, 1.82) is 0 Å². The number of carboxylic acids is 1. The van der Waals surface area contributed by atoms with Crippen molar-refractivity contribution in [2.24, 2.45) is 0 Å². The second-order valence-corrected chi connectivity index (χ2v) is 8.79. The first-order chi connectivity index (χ1) is 16.6. The summed E-state index contributed by atoms with van der Waals surface area (Å²) in [4.78, 5) is 34.0. The van der Waals surface area contributed by atoms with E-state index in [0.29, 0.717) is 0 Å². The maximum atomic E-state index is 13.8. The molecule has 190 valence electrons. The topological polar surface area (TPSA) is 77.0 Å². The number of nitrogens with zero attached hydrogens (tertiary/aromatic N) is 4. The quantitative estimate of drug-likeness (QED) is 0.701. The SMILES string of the molecule is CCN1CCC2(CC1)C(=O)N(c1ccc(C)nc1)CCN2Cc1ccccc1.O=C(O)C(F)(F)F. The van der Waals surface area contributed by atoms with Crippen LogP contribution >= 0.6 is 0 Å². The van der Waals surface area contributed by atoms with E-state index in [1.54, 1.807) is 0 Å². The zero-order valence-electron chi connectivity index (χ0n) is 20.0. The number of carbonyl (C=O) groups is 2. The van der Waals surface area contributed by atoms with Crippen LogP contribution in [0.2, 0.25) is 0 Å². The number of piperazine rings is 1. The number of pyridine rings is 1. The lowest BCUT2D eigenvalue weighted by atomic mass is 9.81. The molecule has 3 heterocycles. The molecule has 0 bridgehead atoms. The third kappa shape index (κ3) is 6.37. The van der Waals surface area contributed by atoms with Gasteiger partial charge in [-0.2, -0.15) is 13.2 Å². The van der Waals surface area contributed by atoms with E-state index in [2.05, 4.69) is 46.0 Å². The van der Waals surface area contributed by atoms with E-state index < -0.39 is 17.7 Å². The molecule has 0 atom stereocenters. The third-order valence-corrected chi connectivity index (χ3v) is 6.64. The first-order valence-electron chi connectivity index (χ1n) is 11.6. The number of carbonyl (C=O) groups excluding carboxylic acids is 1. The van der Waals surface area contributed by atoms with Gasteiger partial charge in [-0.3, -0.25) is 14.7 Å². The fourth-order valence-corrected chi connectivity index (χ4v) is 4.59. The van der Waals surface area contributed by atoms with Crippen LogP contribution < -0.4 is 4.90 Å². The molecule has 2 saturated heterocycles. The van der Waals surface area contributed by atoms with Crippen molar-refractivity contribution in [3.63, 3.8) is 0 Å². The molecule has 1 N–H and O–H groups in total. The average molecular weight is 493 g/mol. The Labute approximate surface area is 203 Å². The van der Waals surface area contributed by atoms with E-state index in [0.717, 1.165) is 63.5 Å². The molecule has 0 aliphatic carbocycles. The van der Waals surface area contributed by atoms with Gasteiger partial charge in [-0.25, -0.2) is 4.79 Å². The number of likely N-dealkylation sites (tertiary alicyclic amines) is 1. The predicted molar refractivity (Wildman–Crippen MR) is 126 cm³/mol. The summed E-state index contributed by atoms with van der Waals surface area (Å²) < 4.78 is 31.7. The van der Waals surface area contributed by atoms with Crippen LogP contribution in [0.25, 0.3) is 0 Å². The Morgan fingerprint density at radius 1 is 1.06 bits per heavy atom. The van der Waals surface area contributed by atoms with E-state index in [4.69, 9.17) is 9.90 Å². The predicted octanol–water partition coefficient (Wildman–Crippen LogP) is 3.73. The Morgan fingerprint density at radius 2 is 1.69 bits per heavy atom. The van der Waals surface area contributed by atoms with E-state index in [9.17, 15) is 18.0 Å². The van der Waals surface area contributed by atoms with Gasteiger partial charge in [-0.1, -0.05) is 37.3 Å². The Hall–Kier alpha value is -2.98. The average Bonchev–Trinajstić information content (AvgIpc) is 2.84. The van der Waals surface area contributed by atoms with Crippen LogP contribution in [0.1, 0.15) is 31.0 Å². The smallest absolute Gasteiger partial charge is 0.475 e. The number of halogens is 3. The maximum Gasteiger partial charge on any atom is 0.490 e. The molecule has 4 rings (SSSR count). The normalized spacial score (nSPS) is 18.8. The largest absolute Gasteiger partial charge is 0.490 e. The fourth-order valence-electron chi connectivity index (χ4n) is 4.59. The van der Waals surface area contributed by atoms with Crippen molar-refractivity contribution in [2.45, 2.75) is 44.9 Å². The molecular formula is C25H31F3N4O3. The number of aromatic nitrogens is 1. The Morgan fingerprint density at radius 3 is 2.20 bits per heavy atom. The number of anilines is 1. The van der Waals surface area contributed by atoms with Gasteiger partial charge in [0.25, 0.3) is 0 Å². The molecule has 2 aliphatic rings. The summed E-state index contributed by atoms with van der Waals surface area (Å²) in [6.07, 6.45) is -1.46. The number of alkyl halides is 3. The van der Waals surface area contributed by atoms with Crippen LogP contribution in [-0.4, -0.2) is 76.2 Å². The van der Waals surface area contributed by atoms with Gasteiger partial charge in [-0.15, -0.1) is 0 Å². The van der Waals surface area contributed by atoms with E-state index in [1.807, 2.05) is 36.2 Å². The summed E-state index contributed by atoms with van der Waals surface area (Å²) in [5, 5.41) is 7.12. The van der Waals surface area contributed by atoms with Gasteiger partial charge in [0.1, 0.15) is 5.54 Å². The monoisotopic (exact) mass is 492 g/mol. The zero-order chi connectivity index (χ0) is 25.6. The highest BCUT2D eigenvalue weighted by Crippen LogP contribution is 2.36. The molecule has 2 aliphatic heterocycles. The lowest BCUT2D eigenvalue weighted by Crippen LogP contribution is -2.68.